The van der Waals surface area contributed by atoms with Gasteiger partial charge in [0.25, 0.3) is 0 Å². The Morgan fingerprint density at radius 2 is 1.88 bits per heavy atom. The number of hydrogen-bond acceptors (Lipinski definition) is 2. The predicted molar refractivity (Wildman–Crippen MR) is 101 cm³/mol. The maximum atomic E-state index is 6.25. The van der Waals surface area contributed by atoms with Crippen LogP contribution in [0.15, 0.2) is 48.5 Å². The zero-order chi connectivity index (χ0) is 16.5. The van der Waals surface area contributed by atoms with Gasteiger partial charge in [-0.3, -0.25) is 0 Å². The van der Waals surface area contributed by atoms with E-state index in [1.54, 1.807) is 0 Å². The molecule has 2 heteroatoms. The first-order chi connectivity index (χ1) is 11.8. The maximum Gasteiger partial charge on any atom is 0.135 e. The van der Waals surface area contributed by atoms with Crippen molar-refractivity contribution >= 4 is 16.5 Å². The van der Waals surface area contributed by atoms with Gasteiger partial charge in [0.15, 0.2) is 0 Å². The van der Waals surface area contributed by atoms with Crippen molar-refractivity contribution in [2.75, 3.05) is 11.9 Å². The highest BCUT2D eigenvalue weighted by atomic mass is 16.5. The second-order valence-electron chi connectivity index (χ2n) is 6.36. The lowest BCUT2D eigenvalue weighted by Gasteiger charge is -2.14. The van der Waals surface area contributed by atoms with Crippen molar-refractivity contribution in [3.63, 3.8) is 0 Å². The quantitative estimate of drug-likeness (QED) is 0.664. The van der Waals surface area contributed by atoms with Crippen LogP contribution in [0.25, 0.3) is 10.8 Å². The lowest BCUT2D eigenvalue weighted by molar-refractivity contribution is 0.488. The first kappa shape index (κ1) is 15.1. The Bertz CT molecular complexity index is 898. The third-order valence-electron chi connectivity index (χ3n) is 4.98. The molecule has 24 heavy (non-hydrogen) atoms. The van der Waals surface area contributed by atoms with E-state index in [2.05, 4.69) is 67.7 Å². The fourth-order valence-corrected chi connectivity index (χ4v) is 3.73. The van der Waals surface area contributed by atoms with Gasteiger partial charge < -0.3 is 10.1 Å². The summed E-state index contributed by atoms with van der Waals surface area (Å²) in [5.74, 6) is 1.83. The van der Waals surface area contributed by atoms with Crippen LogP contribution in [0.1, 0.15) is 30.5 Å². The van der Waals surface area contributed by atoms with Crippen molar-refractivity contribution in [1.29, 1.82) is 0 Å². The standard InChI is InChI=1S/C22H23NO/c1-3-15-9-11-20-19(18(15)4-2)6-5-7-22(20)24-17-10-8-16-12-13-23-21(16)14-17/h5-11,14,23H,3-4,12-13H2,1-2H3. The Kier molecular flexibility index (Phi) is 3.89. The van der Waals surface area contributed by atoms with Crippen LogP contribution in [0.3, 0.4) is 0 Å². The molecule has 3 aromatic carbocycles. The molecule has 1 aliphatic heterocycles. The largest absolute Gasteiger partial charge is 0.457 e. The molecule has 1 aliphatic rings. The van der Waals surface area contributed by atoms with Gasteiger partial charge in [-0.15, -0.1) is 0 Å². The third kappa shape index (κ3) is 2.52. The van der Waals surface area contributed by atoms with Crippen LogP contribution in [0.4, 0.5) is 5.69 Å². The van der Waals surface area contributed by atoms with Crippen molar-refractivity contribution < 1.29 is 4.74 Å². The van der Waals surface area contributed by atoms with Gasteiger partial charge in [-0.1, -0.05) is 44.2 Å². The molecule has 0 saturated heterocycles. The second-order valence-corrected chi connectivity index (χ2v) is 6.36. The molecule has 0 fully saturated rings. The maximum absolute atomic E-state index is 6.25. The molecule has 0 spiro atoms. The van der Waals surface area contributed by atoms with Crippen LogP contribution >= 0.6 is 0 Å². The molecule has 0 atom stereocenters. The average molecular weight is 317 g/mol. The summed E-state index contributed by atoms with van der Waals surface area (Å²) in [6.07, 6.45) is 3.22. The molecular weight excluding hydrogens is 294 g/mol. The van der Waals surface area contributed by atoms with Crippen LogP contribution in [0.5, 0.6) is 11.5 Å². The van der Waals surface area contributed by atoms with Crippen LogP contribution < -0.4 is 10.1 Å². The van der Waals surface area contributed by atoms with E-state index in [-0.39, 0.29) is 0 Å². The number of nitrogens with one attached hydrogen (secondary N) is 1. The van der Waals surface area contributed by atoms with E-state index in [0.717, 1.165) is 37.3 Å². The van der Waals surface area contributed by atoms with Crippen molar-refractivity contribution in [1.82, 2.24) is 0 Å². The summed E-state index contributed by atoms with van der Waals surface area (Å²) in [6, 6.07) is 17.2. The zero-order valence-corrected chi connectivity index (χ0v) is 14.4. The lowest BCUT2D eigenvalue weighted by Crippen LogP contribution is -1.94. The highest BCUT2D eigenvalue weighted by Gasteiger charge is 2.13. The van der Waals surface area contributed by atoms with E-state index in [9.17, 15) is 0 Å². The van der Waals surface area contributed by atoms with Gasteiger partial charge in [-0.05, 0) is 53.5 Å². The minimum atomic E-state index is 0.897. The van der Waals surface area contributed by atoms with Gasteiger partial charge in [-0.2, -0.15) is 0 Å². The molecule has 0 aliphatic carbocycles. The molecule has 1 heterocycles. The average Bonchev–Trinajstić information content (AvgIpc) is 3.08. The molecule has 0 saturated carbocycles. The topological polar surface area (TPSA) is 21.3 Å². The molecule has 0 unspecified atom stereocenters. The molecule has 2 nitrogen and oxygen atoms in total. The van der Waals surface area contributed by atoms with Crippen molar-refractivity contribution in [2.45, 2.75) is 33.1 Å². The van der Waals surface area contributed by atoms with Gasteiger partial charge in [0.1, 0.15) is 11.5 Å². The number of fused-ring (bicyclic) bond motifs is 2. The van der Waals surface area contributed by atoms with Gasteiger partial charge >= 0.3 is 0 Å². The first-order valence-corrected chi connectivity index (χ1v) is 8.88. The van der Waals surface area contributed by atoms with E-state index in [0.29, 0.717) is 0 Å². The summed E-state index contributed by atoms with van der Waals surface area (Å²) in [5.41, 5.74) is 5.45. The summed E-state index contributed by atoms with van der Waals surface area (Å²) in [6.45, 7) is 5.47. The van der Waals surface area contributed by atoms with Gasteiger partial charge in [0.05, 0.1) is 0 Å². The van der Waals surface area contributed by atoms with Gasteiger partial charge in [0, 0.05) is 23.7 Å². The molecule has 1 N–H and O–H groups in total. The number of anilines is 1. The molecule has 0 bridgehead atoms. The summed E-state index contributed by atoms with van der Waals surface area (Å²) < 4.78 is 6.25. The number of benzene rings is 3. The van der Waals surface area contributed by atoms with E-state index < -0.39 is 0 Å². The Morgan fingerprint density at radius 3 is 2.71 bits per heavy atom. The fourth-order valence-electron chi connectivity index (χ4n) is 3.73. The molecule has 0 amide bonds. The molecule has 0 aromatic heterocycles. The predicted octanol–water partition coefficient (Wildman–Crippen LogP) is 5.72. The Balaban J connectivity index is 1.77. The van der Waals surface area contributed by atoms with Crippen LogP contribution in [0, 0.1) is 0 Å². The summed E-state index contributed by atoms with van der Waals surface area (Å²) >= 11 is 0. The SMILES string of the molecule is CCc1ccc2c(Oc3ccc4c(c3)NCC4)cccc2c1CC. The Morgan fingerprint density at radius 1 is 0.958 bits per heavy atom. The van der Waals surface area contributed by atoms with E-state index in [4.69, 9.17) is 4.74 Å². The normalized spacial score (nSPS) is 12.9. The van der Waals surface area contributed by atoms with Gasteiger partial charge in [-0.25, -0.2) is 0 Å². The van der Waals surface area contributed by atoms with Crippen LogP contribution in [0.2, 0.25) is 0 Å². The Hall–Kier alpha value is -2.48. The van der Waals surface area contributed by atoms with E-state index in [1.807, 2.05) is 0 Å². The minimum absolute atomic E-state index is 0.897. The molecule has 3 aromatic rings. The summed E-state index contributed by atoms with van der Waals surface area (Å²) in [7, 11) is 0. The molecular formula is C22H23NO. The molecule has 122 valence electrons. The number of aryl methyl sites for hydroxylation is 2. The first-order valence-electron chi connectivity index (χ1n) is 8.88. The molecule has 0 radical (unpaired) electrons. The highest BCUT2D eigenvalue weighted by Crippen LogP contribution is 2.35. The Labute approximate surface area is 143 Å². The van der Waals surface area contributed by atoms with E-state index in [1.165, 1.54) is 33.2 Å². The minimum Gasteiger partial charge on any atom is -0.457 e. The van der Waals surface area contributed by atoms with Crippen molar-refractivity contribution in [2.24, 2.45) is 0 Å². The highest BCUT2D eigenvalue weighted by molar-refractivity contribution is 5.92. The zero-order valence-electron chi connectivity index (χ0n) is 14.4. The van der Waals surface area contributed by atoms with Crippen molar-refractivity contribution in [3.05, 3.63) is 65.2 Å². The van der Waals surface area contributed by atoms with Crippen LogP contribution in [-0.2, 0) is 19.3 Å². The second kappa shape index (κ2) is 6.20. The number of hydrogen-bond donors (Lipinski definition) is 1. The van der Waals surface area contributed by atoms with Crippen molar-refractivity contribution in [3.8, 4) is 11.5 Å². The third-order valence-corrected chi connectivity index (χ3v) is 4.98. The van der Waals surface area contributed by atoms with Gasteiger partial charge in [0.2, 0.25) is 0 Å². The lowest BCUT2D eigenvalue weighted by atomic mass is 9.95. The summed E-state index contributed by atoms with van der Waals surface area (Å²) in [4.78, 5) is 0. The summed E-state index contributed by atoms with van der Waals surface area (Å²) in [5, 5.41) is 5.92. The molecule has 4 rings (SSSR count). The van der Waals surface area contributed by atoms with E-state index >= 15 is 0 Å². The monoisotopic (exact) mass is 317 g/mol. The van der Waals surface area contributed by atoms with Crippen LogP contribution in [-0.4, -0.2) is 6.54 Å². The fraction of sp³-hybridized carbons (Fsp3) is 0.273. The number of rotatable bonds is 4. The number of ether oxygens (including phenoxy) is 1. The smallest absolute Gasteiger partial charge is 0.135 e.